The van der Waals surface area contributed by atoms with Crippen LogP contribution in [-0.2, 0) is 25.0 Å². The Bertz CT molecular complexity index is 407. The summed E-state index contributed by atoms with van der Waals surface area (Å²) in [4.78, 5) is 0. The first-order valence-corrected chi connectivity index (χ1v) is 9.88. The van der Waals surface area contributed by atoms with E-state index in [0.717, 1.165) is 32.1 Å². The van der Waals surface area contributed by atoms with Crippen LogP contribution in [0.1, 0.15) is 45.4 Å². The highest BCUT2D eigenvalue weighted by Gasteiger charge is 2.23. The largest absolute Gasteiger partial charge is 0.376 e. The topological polar surface area (TPSA) is 118 Å². The Morgan fingerprint density at radius 1 is 0.850 bits per heavy atom. The van der Waals surface area contributed by atoms with Gasteiger partial charge in [0.1, 0.15) is 11.5 Å². The summed E-state index contributed by atoms with van der Waals surface area (Å²) >= 11 is 0. The number of ether oxygens (including phenoxy) is 1. The third-order valence-electron chi connectivity index (χ3n) is 2.64. The van der Waals surface area contributed by atoms with Gasteiger partial charge in [-0.15, -0.1) is 0 Å². The van der Waals surface area contributed by atoms with E-state index < -0.39 is 37.8 Å². The summed E-state index contributed by atoms with van der Waals surface area (Å²) in [6.07, 6.45) is 4.79. The molecule has 0 saturated carbocycles. The van der Waals surface area contributed by atoms with Gasteiger partial charge in [-0.2, -0.15) is 16.8 Å². The lowest BCUT2D eigenvalue weighted by molar-refractivity contribution is 0.0776. The van der Waals surface area contributed by atoms with E-state index in [0.29, 0.717) is 6.42 Å². The molecule has 0 saturated heterocycles. The summed E-state index contributed by atoms with van der Waals surface area (Å²) in [5, 5.41) is 0. The third-order valence-corrected chi connectivity index (χ3v) is 4.23. The van der Waals surface area contributed by atoms with Gasteiger partial charge in [-0.3, -0.25) is 9.11 Å². The van der Waals surface area contributed by atoms with Gasteiger partial charge in [0.05, 0.1) is 6.10 Å². The number of rotatable bonds is 12. The Labute approximate surface area is 121 Å². The molecule has 0 radical (unpaired) electrons. The molecule has 0 atom stereocenters. The molecule has 0 unspecified atom stereocenters. The molecule has 0 heterocycles. The molecule has 9 heteroatoms. The molecule has 7 nitrogen and oxygen atoms in total. The van der Waals surface area contributed by atoms with Crippen molar-refractivity contribution in [3.63, 3.8) is 0 Å². The van der Waals surface area contributed by atoms with E-state index >= 15 is 0 Å². The number of hydrogen-bond donors (Lipinski definition) is 2. The smallest absolute Gasteiger partial charge is 0.267 e. The Hall–Kier alpha value is -0.220. The summed E-state index contributed by atoms with van der Waals surface area (Å²) < 4.78 is 65.5. The second kappa shape index (κ2) is 9.67. The fourth-order valence-corrected chi connectivity index (χ4v) is 3.26. The van der Waals surface area contributed by atoms with Gasteiger partial charge < -0.3 is 4.74 Å². The first-order chi connectivity index (χ1) is 9.14. The van der Waals surface area contributed by atoms with Crippen LogP contribution in [0, 0.1) is 0 Å². The summed E-state index contributed by atoms with van der Waals surface area (Å²) in [7, 11) is -8.70. The minimum atomic E-state index is -4.35. The van der Waals surface area contributed by atoms with E-state index in [1.54, 1.807) is 0 Å². The lowest BCUT2D eigenvalue weighted by Gasteiger charge is -2.14. The van der Waals surface area contributed by atoms with Crippen LogP contribution >= 0.6 is 0 Å². The van der Waals surface area contributed by atoms with Crippen molar-refractivity contribution in [3.8, 4) is 0 Å². The predicted molar refractivity (Wildman–Crippen MR) is 75.9 cm³/mol. The fourth-order valence-electron chi connectivity index (χ4n) is 1.75. The maximum Gasteiger partial charge on any atom is 0.267 e. The minimum absolute atomic E-state index is 0.196. The highest BCUT2D eigenvalue weighted by Crippen LogP contribution is 2.07. The standard InChI is InChI=1S/C11H24O7S2/c1-2-3-4-5-6-7-8-18-11(9-19(12,13)14)10-20(15,16)17/h11H,2-10H2,1H3,(H,12,13,14)(H,15,16,17). The SMILES string of the molecule is CCCCCCCCOC(CS(=O)(=O)O)CS(=O)(=O)O. The molecule has 122 valence electrons. The van der Waals surface area contributed by atoms with E-state index in [1.165, 1.54) is 0 Å². The molecule has 2 N–H and O–H groups in total. The van der Waals surface area contributed by atoms with Gasteiger partial charge in [-0.05, 0) is 6.42 Å². The summed E-state index contributed by atoms with van der Waals surface area (Å²) in [6.45, 7) is 2.31. The van der Waals surface area contributed by atoms with Gasteiger partial charge >= 0.3 is 0 Å². The van der Waals surface area contributed by atoms with Gasteiger partial charge in [0.15, 0.2) is 0 Å². The van der Waals surface area contributed by atoms with Gasteiger partial charge in [0, 0.05) is 6.61 Å². The lowest BCUT2D eigenvalue weighted by Crippen LogP contribution is -2.31. The third kappa shape index (κ3) is 14.2. The van der Waals surface area contributed by atoms with Crippen LogP contribution < -0.4 is 0 Å². The van der Waals surface area contributed by atoms with E-state index in [9.17, 15) is 16.8 Å². The zero-order valence-corrected chi connectivity index (χ0v) is 13.3. The molecular weight excluding hydrogens is 308 g/mol. The highest BCUT2D eigenvalue weighted by molar-refractivity contribution is 7.86. The average molecular weight is 332 g/mol. The first-order valence-electron chi connectivity index (χ1n) is 6.66. The molecule has 0 amide bonds. The summed E-state index contributed by atoms with van der Waals surface area (Å²) in [6, 6.07) is 0. The molecule has 0 rings (SSSR count). The quantitative estimate of drug-likeness (QED) is 0.411. The van der Waals surface area contributed by atoms with E-state index in [1.807, 2.05) is 0 Å². The number of unbranched alkanes of at least 4 members (excludes halogenated alkanes) is 5. The summed E-state index contributed by atoms with van der Waals surface area (Å²) in [5.41, 5.74) is 0. The molecule has 0 aliphatic carbocycles. The van der Waals surface area contributed by atoms with Crippen molar-refractivity contribution in [2.24, 2.45) is 0 Å². The van der Waals surface area contributed by atoms with Gasteiger partial charge in [0.2, 0.25) is 0 Å². The van der Waals surface area contributed by atoms with Crippen molar-refractivity contribution in [2.45, 2.75) is 51.6 Å². The van der Waals surface area contributed by atoms with Gasteiger partial charge in [-0.25, -0.2) is 0 Å². The van der Waals surface area contributed by atoms with Crippen LogP contribution in [0.4, 0.5) is 0 Å². The minimum Gasteiger partial charge on any atom is -0.376 e. The highest BCUT2D eigenvalue weighted by atomic mass is 32.2. The predicted octanol–water partition coefficient (Wildman–Crippen LogP) is 1.51. The second-order valence-corrected chi connectivity index (χ2v) is 7.75. The van der Waals surface area contributed by atoms with Crippen LogP contribution in [0.25, 0.3) is 0 Å². The van der Waals surface area contributed by atoms with E-state index in [4.69, 9.17) is 13.8 Å². The molecule has 0 aromatic rings. The maximum absolute atomic E-state index is 10.7. The Kier molecular flexibility index (Phi) is 9.56. The van der Waals surface area contributed by atoms with Crippen LogP contribution in [-0.4, -0.2) is 50.2 Å². The van der Waals surface area contributed by atoms with Crippen molar-refractivity contribution in [2.75, 3.05) is 18.1 Å². The monoisotopic (exact) mass is 332 g/mol. The molecule has 0 aliphatic rings. The zero-order valence-electron chi connectivity index (χ0n) is 11.7. The van der Waals surface area contributed by atoms with E-state index in [2.05, 4.69) is 6.92 Å². The lowest BCUT2D eigenvalue weighted by atomic mass is 10.1. The van der Waals surface area contributed by atoms with Crippen molar-refractivity contribution >= 4 is 20.2 Å². The Balaban J connectivity index is 4.05. The molecule has 0 aliphatic heterocycles. The van der Waals surface area contributed by atoms with E-state index in [-0.39, 0.29) is 6.61 Å². The van der Waals surface area contributed by atoms with Crippen LogP contribution in [0.15, 0.2) is 0 Å². The fraction of sp³-hybridized carbons (Fsp3) is 1.00. The molecule has 0 spiro atoms. The maximum atomic E-state index is 10.7. The molecule has 20 heavy (non-hydrogen) atoms. The van der Waals surface area contributed by atoms with Crippen LogP contribution in [0.2, 0.25) is 0 Å². The van der Waals surface area contributed by atoms with Crippen LogP contribution in [0.5, 0.6) is 0 Å². The zero-order chi connectivity index (χ0) is 15.6. The Morgan fingerprint density at radius 2 is 1.30 bits per heavy atom. The average Bonchev–Trinajstić information content (AvgIpc) is 2.23. The Morgan fingerprint density at radius 3 is 1.75 bits per heavy atom. The first kappa shape index (κ1) is 19.8. The molecule has 0 aromatic heterocycles. The molecular formula is C11H24O7S2. The number of hydrogen-bond acceptors (Lipinski definition) is 5. The van der Waals surface area contributed by atoms with Crippen molar-refractivity contribution < 1.29 is 30.7 Å². The summed E-state index contributed by atoms with van der Waals surface area (Å²) in [5.74, 6) is -1.69. The normalized spacial score (nSPS) is 13.0. The second-order valence-electron chi connectivity index (χ2n) is 4.76. The molecule has 0 aromatic carbocycles. The van der Waals surface area contributed by atoms with Gasteiger partial charge in [-0.1, -0.05) is 39.0 Å². The molecule has 0 bridgehead atoms. The van der Waals surface area contributed by atoms with Gasteiger partial charge in [0.25, 0.3) is 20.2 Å². The van der Waals surface area contributed by atoms with Crippen molar-refractivity contribution in [1.82, 2.24) is 0 Å². The van der Waals surface area contributed by atoms with Crippen molar-refractivity contribution in [3.05, 3.63) is 0 Å². The molecule has 0 fully saturated rings. The van der Waals surface area contributed by atoms with Crippen LogP contribution in [0.3, 0.4) is 0 Å². The van der Waals surface area contributed by atoms with Crippen molar-refractivity contribution in [1.29, 1.82) is 0 Å².